The zero-order chi connectivity index (χ0) is 31.5. The van der Waals surface area contributed by atoms with E-state index in [1.165, 1.54) is 10.4 Å². The van der Waals surface area contributed by atoms with Gasteiger partial charge in [-0.1, -0.05) is 40.2 Å². The zero-order valence-electron chi connectivity index (χ0n) is 24.9. The summed E-state index contributed by atoms with van der Waals surface area (Å²) in [6.45, 7) is 2.03. The summed E-state index contributed by atoms with van der Waals surface area (Å²) in [7, 11) is -1.21. The molecule has 0 saturated carbocycles. The molecule has 1 heterocycles. The molecule has 1 fully saturated rings. The third kappa shape index (κ3) is 8.84. The number of alkyl halides is 1. The summed E-state index contributed by atoms with van der Waals surface area (Å²) in [5.74, 6) is 1.62. The number of benzene rings is 3. The molecule has 0 aromatic heterocycles. The highest BCUT2D eigenvalue weighted by molar-refractivity contribution is 9.09. The number of nitro groups is 1. The van der Waals surface area contributed by atoms with Gasteiger partial charge in [-0.25, -0.2) is 8.42 Å². The van der Waals surface area contributed by atoms with Gasteiger partial charge in [0.05, 0.1) is 25.7 Å². The molecule has 1 N–H and O–H groups in total. The summed E-state index contributed by atoms with van der Waals surface area (Å²) in [4.78, 5) is 11.4. The van der Waals surface area contributed by atoms with Gasteiger partial charge < -0.3 is 24.3 Å². The average Bonchev–Trinajstić information content (AvgIpc) is 3.04. The van der Waals surface area contributed by atoms with Gasteiger partial charge in [-0.15, -0.1) is 0 Å². The maximum Gasteiger partial charge on any atom is 0.293 e. The van der Waals surface area contributed by atoms with Crippen LogP contribution in [0.15, 0.2) is 65.6 Å². The Morgan fingerprint density at radius 1 is 0.977 bits per heavy atom. The molecular weight excluding hydrogens is 654 g/mol. The van der Waals surface area contributed by atoms with Crippen LogP contribution in [0.1, 0.15) is 30.4 Å². The smallest absolute Gasteiger partial charge is 0.293 e. The second kappa shape index (κ2) is 16.1. The number of methoxy groups -OCH3 is 2. The molecule has 0 radical (unpaired) electrons. The monoisotopic (exact) mass is 691 g/mol. The first-order valence-corrected chi connectivity index (χ1v) is 16.9. The lowest BCUT2D eigenvalue weighted by Crippen LogP contribution is -2.31. The number of ether oxygens (including phenoxy) is 4. The van der Waals surface area contributed by atoms with E-state index in [0.717, 1.165) is 18.9 Å². The molecule has 0 atom stereocenters. The molecule has 0 spiro atoms. The molecule has 1 saturated heterocycles. The third-order valence-corrected chi connectivity index (χ3v) is 9.74. The van der Waals surface area contributed by atoms with Crippen LogP contribution in [0.4, 0.5) is 11.4 Å². The van der Waals surface area contributed by atoms with E-state index >= 15 is 0 Å². The van der Waals surface area contributed by atoms with Crippen molar-refractivity contribution in [3.05, 3.63) is 81.9 Å². The van der Waals surface area contributed by atoms with Crippen LogP contribution in [0, 0.1) is 16.0 Å². The lowest BCUT2D eigenvalue weighted by Gasteiger charge is -2.25. The zero-order valence-corrected chi connectivity index (χ0v) is 27.3. The third-order valence-electron chi connectivity index (χ3n) is 7.37. The van der Waals surface area contributed by atoms with E-state index in [1.54, 1.807) is 62.8 Å². The van der Waals surface area contributed by atoms with Gasteiger partial charge in [0.1, 0.15) is 27.8 Å². The van der Waals surface area contributed by atoms with Crippen LogP contribution < -0.4 is 19.5 Å². The average molecular weight is 693 g/mol. The number of hydrogen-bond donors (Lipinski definition) is 1. The predicted octanol–water partition coefficient (Wildman–Crippen LogP) is 6.01. The van der Waals surface area contributed by atoms with Crippen LogP contribution in [0.2, 0.25) is 0 Å². The Hall–Kier alpha value is -3.39. The second-order valence-electron chi connectivity index (χ2n) is 10.4. The molecule has 4 rings (SSSR count). The van der Waals surface area contributed by atoms with E-state index in [-0.39, 0.29) is 47.6 Å². The number of sulfonamides is 1. The molecule has 0 unspecified atom stereocenters. The van der Waals surface area contributed by atoms with Crippen LogP contribution in [0.3, 0.4) is 0 Å². The number of hydrogen-bond acceptors (Lipinski definition) is 9. The van der Waals surface area contributed by atoms with Gasteiger partial charge in [-0.3, -0.25) is 10.1 Å². The molecule has 1 aliphatic rings. The highest BCUT2D eigenvalue weighted by Gasteiger charge is 2.32. The first kappa shape index (κ1) is 33.5. The van der Waals surface area contributed by atoms with Crippen molar-refractivity contribution < 1.29 is 32.3 Å². The molecule has 0 aliphatic carbocycles. The molecule has 44 heavy (non-hydrogen) atoms. The Morgan fingerprint density at radius 2 is 1.55 bits per heavy atom. The summed E-state index contributed by atoms with van der Waals surface area (Å²) in [6, 6.07) is 16.7. The molecular formula is C31H38BrN3O8S. The van der Waals surface area contributed by atoms with Gasteiger partial charge >= 0.3 is 0 Å². The van der Waals surface area contributed by atoms with E-state index in [1.807, 2.05) is 0 Å². The maximum atomic E-state index is 14.5. The summed E-state index contributed by atoms with van der Waals surface area (Å²) in [5, 5.41) is 16.1. The van der Waals surface area contributed by atoms with Gasteiger partial charge in [0.15, 0.2) is 0 Å². The van der Waals surface area contributed by atoms with Crippen molar-refractivity contribution in [2.24, 2.45) is 5.92 Å². The van der Waals surface area contributed by atoms with E-state index in [9.17, 15) is 18.5 Å². The summed E-state index contributed by atoms with van der Waals surface area (Å²) in [6.07, 6.45) is 2.30. The van der Waals surface area contributed by atoms with Crippen LogP contribution in [-0.2, 0) is 27.8 Å². The number of anilines is 1. The molecule has 0 bridgehead atoms. The van der Waals surface area contributed by atoms with E-state index in [4.69, 9.17) is 18.9 Å². The number of halogens is 1. The Morgan fingerprint density at radius 3 is 2.05 bits per heavy atom. The Balaban J connectivity index is 1.75. The fraction of sp³-hybridized carbons (Fsp3) is 0.419. The fourth-order valence-electron chi connectivity index (χ4n) is 4.83. The van der Waals surface area contributed by atoms with Crippen LogP contribution >= 0.6 is 15.9 Å². The van der Waals surface area contributed by atoms with Crippen LogP contribution in [0.25, 0.3) is 0 Å². The van der Waals surface area contributed by atoms with Crippen molar-refractivity contribution in [1.29, 1.82) is 0 Å². The first-order chi connectivity index (χ1) is 21.2. The van der Waals surface area contributed by atoms with Crippen molar-refractivity contribution in [2.75, 3.05) is 51.2 Å². The van der Waals surface area contributed by atoms with Gasteiger partial charge in [0, 0.05) is 50.3 Å². The molecule has 238 valence electrons. The van der Waals surface area contributed by atoms with Gasteiger partial charge in [-0.2, -0.15) is 4.31 Å². The van der Waals surface area contributed by atoms with Crippen molar-refractivity contribution >= 4 is 37.3 Å². The van der Waals surface area contributed by atoms with Gasteiger partial charge in [0.2, 0.25) is 10.0 Å². The molecule has 11 nitrogen and oxygen atoms in total. The predicted molar refractivity (Wildman–Crippen MR) is 171 cm³/mol. The minimum atomic E-state index is -4.32. The van der Waals surface area contributed by atoms with Crippen molar-refractivity contribution in [2.45, 2.75) is 37.2 Å². The van der Waals surface area contributed by atoms with Crippen molar-refractivity contribution in [3.8, 4) is 17.2 Å². The summed E-state index contributed by atoms with van der Waals surface area (Å²) >= 11 is 3.38. The fourth-order valence-corrected chi connectivity index (χ4v) is 6.61. The quantitative estimate of drug-likeness (QED) is 0.0831. The minimum absolute atomic E-state index is 0.0107. The maximum absolute atomic E-state index is 14.5. The van der Waals surface area contributed by atoms with Crippen LogP contribution in [0.5, 0.6) is 17.2 Å². The van der Waals surface area contributed by atoms with E-state index < -0.39 is 14.9 Å². The second-order valence-corrected chi connectivity index (χ2v) is 13.1. The standard InChI is InChI=1S/C31H38BrN3O8S/c1-40-26-8-4-24(5-9-26)21-34(22-25-6-10-27(41-2)11-7-25)44(38,39)31-19-29(35(36)37)28(18-30(31)43-15-3-14-32)33-20-23-12-16-42-17-13-23/h4-11,18-19,23,33H,3,12-17,20-22H2,1-2H3. The number of nitrogens with zero attached hydrogens (tertiary/aromatic N) is 2. The number of nitro benzene ring substituents is 1. The highest BCUT2D eigenvalue weighted by Crippen LogP contribution is 2.38. The Bertz CT molecular complexity index is 1430. The van der Waals surface area contributed by atoms with E-state index in [0.29, 0.717) is 54.1 Å². The minimum Gasteiger partial charge on any atom is -0.497 e. The van der Waals surface area contributed by atoms with Crippen LogP contribution in [-0.4, -0.2) is 63.6 Å². The largest absolute Gasteiger partial charge is 0.497 e. The Labute approximate surface area is 266 Å². The Kier molecular flexibility index (Phi) is 12.2. The number of nitrogens with one attached hydrogen (secondary N) is 1. The normalized spacial score (nSPS) is 13.9. The van der Waals surface area contributed by atoms with Gasteiger partial charge in [-0.05, 0) is 60.6 Å². The van der Waals surface area contributed by atoms with Crippen molar-refractivity contribution in [3.63, 3.8) is 0 Å². The molecule has 0 amide bonds. The number of rotatable bonds is 16. The summed E-state index contributed by atoms with van der Waals surface area (Å²) in [5.41, 5.74) is 1.31. The summed E-state index contributed by atoms with van der Waals surface area (Å²) < 4.78 is 52.2. The van der Waals surface area contributed by atoms with Gasteiger partial charge in [0.25, 0.3) is 5.69 Å². The lowest BCUT2D eigenvalue weighted by atomic mass is 10.0. The van der Waals surface area contributed by atoms with E-state index in [2.05, 4.69) is 21.2 Å². The SMILES string of the molecule is COc1ccc(CN(Cc2ccc(OC)cc2)S(=O)(=O)c2cc([N+](=O)[O-])c(NCC3CCOCC3)cc2OCCCBr)cc1. The topological polar surface area (TPSA) is 129 Å². The molecule has 3 aromatic rings. The van der Waals surface area contributed by atoms with Crippen molar-refractivity contribution in [1.82, 2.24) is 4.31 Å². The molecule has 3 aromatic carbocycles. The first-order valence-electron chi connectivity index (χ1n) is 14.3. The highest BCUT2D eigenvalue weighted by atomic mass is 79.9. The lowest BCUT2D eigenvalue weighted by molar-refractivity contribution is -0.384. The molecule has 1 aliphatic heterocycles. The molecule has 13 heteroatoms.